The number of hydrogen-bond donors (Lipinski definition) is 2. The maximum Gasteiger partial charge on any atom is 0.275 e. The summed E-state index contributed by atoms with van der Waals surface area (Å²) in [4.78, 5) is 13.3. The summed E-state index contributed by atoms with van der Waals surface area (Å²) in [6.07, 6.45) is 0. The van der Waals surface area contributed by atoms with Crippen molar-refractivity contribution in [3.63, 3.8) is 0 Å². The first-order valence-corrected chi connectivity index (χ1v) is 7.82. The number of amides is 1. The SMILES string of the molecule is C[C@@H](NC(=O)C[NH+](C)Cc1ccccc1)c1ccc(Cl)cc1. The fourth-order valence-corrected chi connectivity index (χ4v) is 2.53. The molecule has 0 bridgehead atoms. The van der Waals surface area contributed by atoms with E-state index >= 15 is 0 Å². The van der Waals surface area contributed by atoms with Crippen molar-refractivity contribution in [3.05, 3.63) is 70.7 Å². The highest BCUT2D eigenvalue weighted by atomic mass is 35.5. The molecule has 0 aromatic heterocycles. The van der Waals surface area contributed by atoms with E-state index in [4.69, 9.17) is 11.6 Å². The van der Waals surface area contributed by atoms with E-state index in [9.17, 15) is 4.79 Å². The third-order valence-corrected chi connectivity index (χ3v) is 3.81. The quantitative estimate of drug-likeness (QED) is 0.841. The zero-order chi connectivity index (χ0) is 15.9. The summed E-state index contributed by atoms with van der Waals surface area (Å²) in [6, 6.07) is 17.7. The number of benzene rings is 2. The Bertz CT molecular complexity index is 598. The molecule has 2 N–H and O–H groups in total. The van der Waals surface area contributed by atoms with Crippen LogP contribution in [0.5, 0.6) is 0 Å². The lowest BCUT2D eigenvalue weighted by Crippen LogP contribution is -3.08. The van der Waals surface area contributed by atoms with Crippen LogP contribution in [0.25, 0.3) is 0 Å². The molecule has 2 aromatic rings. The van der Waals surface area contributed by atoms with E-state index in [1.165, 1.54) is 5.56 Å². The molecule has 4 heteroatoms. The minimum Gasteiger partial charge on any atom is -0.345 e. The van der Waals surface area contributed by atoms with Crippen LogP contribution in [0.2, 0.25) is 5.02 Å². The Morgan fingerprint density at radius 1 is 1.14 bits per heavy atom. The van der Waals surface area contributed by atoms with Gasteiger partial charge in [-0.2, -0.15) is 0 Å². The number of likely N-dealkylation sites (N-methyl/N-ethyl adjacent to an activating group) is 1. The van der Waals surface area contributed by atoms with Crippen LogP contribution < -0.4 is 10.2 Å². The summed E-state index contributed by atoms with van der Waals surface area (Å²) in [5, 5.41) is 3.73. The Morgan fingerprint density at radius 2 is 1.77 bits per heavy atom. The predicted molar refractivity (Wildman–Crippen MR) is 89.9 cm³/mol. The van der Waals surface area contributed by atoms with Crippen molar-refractivity contribution in [2.75, 3.05) is 13.6 Å². The zero-order valence-corrected chi connectivity index (χ0v) is 13.7. The van der Waals surface area contributed by atoms with Crippen molar-refractivity contribution in [1.29, 1.82) is 0 Å². The first-order valence-electron chi connectivity index (χ1n) is 7.44. The van der Waals surface area contributed by atoms with Gasteiger partial charge >= 0.3 is 0 Å². The minimum atomic E-state index is -0.0192. The number of rotatable bonds is 6. The van der Waals surface area contributed by atoms with Crippen molar-refractivity contribution in [2.24, 2.45) is 0 Å². The third-order valence-electron chi connectivity index (χ3n) is 3.56. The molecule has 0 aliphatic carbocycles. The summed E-state index contributed by atoms with van der Waals surface area (Å²) in [6.45, 7) is 3.27. The summed E-state index contributed by atoms with van der Waals surface area (Å²) in [5.74, 6) is 0.0517. The van der Waals surface area contributed by atoms with Crippen LogP contribution in [0.4, 0.5) is 0 Å². The molecule has 0 heterocycles. The summed E-state index contributed by atoms with van der Waals surface area (Å²) < 4.78 is 0. The zero-order valence-electron chi connectivity index (χ0n) is 13.0. The van der Waals surface area contributed by atoms with E-state index in [0.29, 0.717) is 11.6 Å². The Labute approximate surface area is 136 Å². The van der Waals surface area contributed by atoms with E-state index < -0.39 is 0 Å². The third kappa shape index (κ3) is 5.17. The molecule has 2 aromatic carbocycles. The van der Waals surface area contributed by atoms with Crippen LogP contribution in [0.15, 0.2) is 54.6 Å². The molecular weight excluding hydrogens is 296 g/mol. The van der Waals surface area contributed by atoms with Gasteiger partial charge in [0.05, 0.1) is 13.1 Å². The second-order valence-electron chi connectivity index (χ2n) is 5.64. The number of hydrogen-bond acceptors (Lipinski definition) is 1. The van der Waals surface area contributed by atoms with Crippen molar-refractivity contribution >= 4 is 17.5 Å². The lowest BCUT2D eigenvalue weighted by Gasteiger charge is -2.17. The molecule has 3 nitrogen and oxygen atoms in total. The maximum atomic E-state index is 12.1. The molecule has 0 saturated carbocycles. The molecule has 22 heavy (non-hydrogen) atoms. The molecule has 1 unspecified atom stereocenters. The van der Waals surface area contributed by atoms with Gasteiger partial charge in [0, 0.05) is 10.6 Å². The molecular formula is C18H22ClN2O+. The molecule has 2 rings (SSSR count). The monoisotopic (exact) mass is 317 g/mol. The molecule has 0 radical (unpaired) electrons. The summed E-state index contributed by atoms with van der Waals surface area (Å²) in [5.41, 5.74) is 2.29. The van der Waals surface area contributed by atoms with Crippen molar-refractivity contribution in [1.82, 2.24) is 5.32 Å². The first-order chi connectivity index (χ1) is 10.5. The maximum absolute atomic E-state index is 12.1. The number of nitrogens with one attached hydrogen (secondary N) is 2. The highest BCUT2D eigenvalue weighted by molar-refractivity contribution is 6.30. The number of carbonyl (C=O) groups is 1. The van der Waals surface area contributed by atoms with Gasteiger partial charge in [0.25, 0.3) is 5.91 Å². The fourth-order valence-electron chi connectivity index (χ4n) is 2.41. The van der Waals surface area contributed by atoms with Gasteiger partial charge in [0.15, 0.2) is 6.54 Å². The lowest BCUT2D eigenvalue weighted by molar-refractivity contribution is -0.885. The largest absolute Gasteiger partial charge is 0.345 e. The molecule has 2 atom stereocenters. The van der Waals surface area contributed by atoms with Gasteiger partial charge in [0.1, 0.15) is 6.54 Å². The summed E-state index contributed by atoms with van der Waals surface area (Å²) >= 11 is 5.88. The molecule has 0 spiro atoms. The molecule has 1 amide bonds. The van der Waals surface area contributed by atoms with Crippen molar-refractivity contribution in [3.8, 4) is 0 Å². The van der Waals surface area contributed by atoms with Crippen molar-refractivity contribution in [2.45, 2.75) is 19.5 Å². The van der Waals surface area contributed by atoms with Gasteiger partial charge in [-0.25, -0.2) is 0 Å². The Hall–Kier alpha value is -1.84. The first kappa shape index (κ1) is 16.5. The van der Waals surface area contributed by atoms with E-state index in [2.05, 4.69) is 17.4 Å². The van der Waals surface area contributed by atoms with Crippen LogP contribution >= 0.6 is 11.6 Å². The second-order valence-corrected chi connectivity index (χ2v) is 6.07. The van der Waals surface area contributed by atoms with Crippen LogP contribution in [-0.2, 0) is 11.3 Å². The number of quaternary nitrogens is 1. The van der Waals surface area contributed by atoms with Crippen molar-refractivity contribution < 1.29 is 9.69 Å². The van der Waals surface area contributed by atoms with E-state index in [1.807, 2.05) is 56.4 Å². The van der Waals surface area contributed by atoms with E-state index in [1.54, 1.807) is 0 Å². The second kappa shape index (κ2) is 7.97. The molecule has 0 saturated heterocycles. The highest BCUT2D eigenvalue weighted by Gasteiger charge is 2.14. The Balaban J connectivity index is 1.83. The highest BCUT2D eigenvalue weighted by Crippen LogP contribution is 2.15. The van der Waals surface area contributed by atoms with Gasteiger partial charge in [0.2, 0.25) is 0 Å². The predicted octanol–water partition coefficient (Wildman–Crippen LogP) is 2.23. The average Bonchev–Trinajstić information content (AvgIpc) is 2.48. The Morgan fingerprint density at radius 3 is 2.41 bits per heavy atom. The molecule has 116 valence electrons. The van der Waals surface area contributed by atoms with Gasteiger partial charge < -0.3 is 10.2 Å². The normalized spacial score (nSPS) is 13.4. The van der Waals surface area contributed by atoms with E-state index in [0.717, 1.165) is 17.0 Å². The Kier molecular flexibility index (Phi) is 5.99. The van der Waals surface area contributed by atoms with Gasteiger partial charge in [-0.3, -0.25) is 4.79 Å². The average molecular weight is 318 g/mol. The number of halogens is 1. The van der Waals surface area contributed by atoms with Gasteiger partial charge in [-0.05, 0) is 24.6 Å². The smallest absolute Gasteiger partial charge is 0.275 e. The minimum absolute atomic E-state index is 0.0192. The van der Waals surface area contributed by atoms with Crippen LogP contribution in [0, 0.1) is 0 Å². The summed E-state index contributed by atoms with van der Waals surface area (Å²) in [7, 11) is 2.03. The lowest BCUT2D eigenvalue weighted by atomic mass is 10.1. The molecule has 0 fully saturated rings. The van der Waals surface area contributed by atoms with Crippen LogP contribution in [0.1, 0.15) is 24.1 Å². The standard InChI is InChI=1S/C18H21ClN2O/c1-14(16-8-10-17(19)11-9-16)20-18(22)13-21(2)12-15-6-4-3-5-7-15/h3-11,14H,12-13H2,1-2H3,(H,20,22)/p+1/t14-/m1/s1. The topological polar surface area (TPSA) is 33.5 Å². The van der Waals surface area contributed by atoms with E-state index in [-0.39, 0.29) is 11.9 Å². The van der Waals surface area contributed by atoms with Crippen LogP contribution in [-0.4, -0.2) is 19.5 Å². The number of carbonyl (C=O) groups excluding carboxylic acids is 1. The van der Waals surface area contributed by atoms with Crippen LogP contribution in [0.3, 0.4) is 0 Å². The van der Waals surface area contributed by atoms with Gasteiger partial charge in [-0.15, -0.1) is 0 Å². The fraction of sp³-hybridized carbons (Fsp3) is 0.278. The molecule has 0 aliphatic heterocycles. The van der Waals surface area contributed by atoms with Gasteiger partial charge in [-0.1, -0.05) is 54.1 Å². The molecule has 0 aliphatic rings.